The zero-order valence-corrected chi connectivity index (χ0v) is 19.9. The van der Waals surface area contributed by atoms with E-state index in [1.165, 1.54) is 11.1 Å². The first-order chi connectivity index (χ1) is 13.3. The quantitative estimate of drug-likeness (QED) is 0.540. The molecule has 3 rings (SSSR count). The molecule has 2 nitrogen and oxygen atoms in total. The van der Waals surface area contributed by atoms with Crippen molar-refractivity contribution in [1.29, 1.82) is 0 Å². The maximum Gasteiger partial charge on any atom is 0.0692 e. The molecule has 0 N–H and O–H groups in total. The summed E-state index contributed by atoms with van der Waals surface area (Å²) in [6.07, 6.45) is 0.318. The van der Waals surface area contributed by atoms with Gasteiger partial charge < -0.3 is 0 Å². The summed E-state index contributed by atoms with van der Waals surface area (Å²) < 4.78 is 0. The monoisotopic (exact) mass is 392 g/mol. The van der Waals surface area contributed by atoms with Crippen molar-refractivity contribution in [2.24, 2.45) is 5.41 Å². The molecule has 158 valence electrons. The van der Waals surface area contributed by atoms with Crippen molar-refractivity contribution in [3.63, 3.8) is 0 Å². The van der Waals surface area contributed by atoms with Crippen LogP contribution in [0.3, 0.4) is 0 Å². The van der Waals surface area contributed by atoms with Crippen LogP contribution in [-0.2, 0) is 0 Å². The lowest BCUT2D eigenvalue weighted by Gasteiger charge is -2.50. The Morgan fingerprint density at radius 1 is 0.517 bits per heavy atom. The Bertz CT molecular complexity index is 727. The SMILES string of the molecule is CC(C)(C)C1N(C(C)(C)C)[C@H](c2ccccc2)[C@@H](c2ccccc2)N1C(C)(C)C. The topological polar surface area (TPSA) is 6.48 Å². The van der Waals surface area contributed by atoms with Crippen molar-refractivity contribution in [2.45, 2.75) is 91.6 Å². The number of benzene rings is 2. The van der Waals surface area contributed by atoms with E-state index in [9.17, 15) is 0 Å². The summed E-state index contributed by atoms with van der Waals surface area (Å²) in [6, 6.07) is 22.8. The zero-order chi connectivity index (χ0) is 21.6. The largest absolute Gasteiger partial charge is 0.273 e. The summed E-state index contributed by atoms with van der Waals surface area (Å²) in [6.45, 7) is 21.4. The second-order valence-corrected chi connectivity index (χ2v) is 11.6. The highest BCUT2D eigenvalue weighted by molar-refractivity contribution is 5.32. The lowest BCUT2D eigenvalue weighted by molar-refractivity contribution is -0.0592. The first-order valence-corrected chi connectivity index (χ1v) is 11.0. The molecule has 1 aliphatic rings. The molecule has 29 heavy (non-hydrogen) atoms. The van der Waals surface area contributed by atoms with E-state index in [1.807, 2.05) is 0 Å². The lowest BCUT2D eigenvalue weighted by Crippen LogP contribution is -2.58. The van der Waals surface area contributed by atoms with E-state index in [0.717, 1.165) is 0 Å². The van der Waals surface area contributed by atoms with Crippen LogP contribution >= 0.6 is 0 Å². The Kier molecular flexibility index (Phi) is 5.75. The van der Waals surface area contributed by atoms with Gasteiger partial charge in [-0.25, -0.2) is 0 Å². The van der Waals surface area contributed by atoms with E-state index < -0.39 is 0 Å². The highest BCUT2D eigenvalue weighted by Crippen LogP contribution is 2.56. The fraction of sp³-hybridized carbons (Fsp3) is 0.556. The van der Waals surface area contributed by atoms with Crippen molar-refractivity contribution in [1.82, 2.24) is 9.80 Å². The smallest absolute Gasteiger partial charge is 0.0692 e. The highest BCUT2D eigenvalue weighted by atomic mass is 15.5. The molecule has 0 aromatic heterocycles. The third kappa shape index (κ3) is 4.29. The van der Waals surface area contributed by atoms with Crippen LogP contribution in [0.4, 0.5) is 0 Å². The number of hydrogen-bond donors (Lipinski definition) is 0. The molecule has 1 fully saturated rings. The van der Waals surface area contributed by atoms with Crippen LogP contribution in [0, 0.1) is 5.41 Å². The van der Waals surface area contributed by atoms with Crippen LogP contribution in [0.1, 0.15) is 85.5 Å². The molecule has 0 aliphatic carbocycles. The highest BCUT2D eigenvalue weighted by Gasteiger charge is 2.57. The Morgan fingerprint density at radius 2 is 0.828 bits per heavy atom. The van der Waals surface area contributed by atoms with Gasteiger partial charge in [-0.1, -0.05) is 81.4 Å². The Morgan fingerprint density at radius 3 is 1.07 bits per heavy atom. The van der Waals surface area contributed by atoms with Crippen LogP contribution in [0.2, 0.25) is 0 Å². The van der Waals surface area contributed by atoms with Gasteiger partial charge in [0.05, 0.1) is 18.2 Å². The van der Waals surface area contributed by atoms with Gasteiger partial charge in [0, 0.05) is 11.1 Å². The molecule has 2 aromatic carbocycles. The lowest BCUT2D eigenvalue weighted by atomic mass is 9.86. The molecule has 1 saturated heterocycles. The van der Waals surface area contributed by atoms with Crippen molar-refractivity contribution in [3.05, 3.63) is 71.8 Å². The van der Waals surface area contributed by atoms with Crippen molar-refractivity contribution >= 4 is 0 Å². The average Bonchev–Trinajstić information content (AvgIpc) is 3.00. The maximum atomic E-state index is 2.78. The van der Waals surface area contributed by atoms with E-state index in [0.29, 0.717) is 18.2 Å². The third-order valence-electron chi connectivity index (χ3n) is 6.03. The molecular formula is C27H40N2. The Labute approximate surface area is 178 Å². The van der Waals surface area contributed by atoms with Crippen molar-refractivity contribution in [3.8, 4) is 0 Å². The van der Waals surface area contributed by atoms with Crippen LogP contribution in [0.25, 0.3) is 0 Å². The minimum atomic E-state index is 0.0332. The normalized spacial score (nSPS) is 22.9. The minimum Gasteiger partial charge on any atom is -0.273 e. The summed E-state index contributed by atoms with van der Waals surface area (Å²) in [4.78, 5) is 5.57. The Balaban J connectivity index is 2.33. The van der Waals surface area contributed by atoms with E-state index in [-0.39, 0.29) is 16.5 Å². The van der Waals surface area contributed by atoms with Gasteiger partial charge in [-0.05, 0) is 58.1 Å². The Hall–Kier alpha value is -1.64. The van der Waals surface area contributed by atoms with Crippen LogP contribution in [-0.4, -0.2) is 27.0 Å². The summed E-state index contributed by atoms with van der Waals surface area (Å²) >= 11 is 0. The molecule has 1 aliphatic heterocycles. The molecule has 0 spiro atoms. The average molecular weight is 393 g/mol. The molecule has 0 saturated carbocycles. The predicted molar refractivity (Wildman–Crippen MR) is 125 cm³/mol. The number of rotatable bonds is 2. The fourth-order valence-corrected chi connectivity index (χ4v) is 5.13. The van der Waals surface area contributed by atoms with Gasteiger partial charge in [0.15, 0.2) is 0 Å². The van der Waals surface area contributed by atoms with Gasteiger partial charge in [0.2, 0.25) is 0 Å². The van der Waals surface area contributed by atoms with E-state index >= 15 is 0 Å². The van der Waals surface area contributed by atoms with E-state index in [1.54, 1.807) is 0 Å². The first-order valence-electron chi connectivity index (χ1n) is 11.0. The molecule has 2 heteroatoms. The van der Waals surface area contributed by atoms with Gasteiger partial charge in [0.1, 0.15) is 0 Å². The first kappa shape index (κ1) is 22.1. The summed E-state index contributed by atoms with van der Waals surface area (Å²) in [5.74, 6) is 0. The van der Waals surface area contributed by atoms with Crippen LogP contribution in [0.15, 0.2) is 60.7 Å². The number of hydrogen-bond acceptors (Lipinski definition) is 2. The molecule has 0 radical (unpaired) electrons. The summed E-state index contributed by atoms with van der Waals surface area (Å²) in [7, 11) is 0. The van der Waals surface area contributed by atoms with Gasteiger partial charge >= 0.3 is 0 Å². The number of nitrogens with zero attached hydrogens (tertiary/aromatic N) is 2. The molecule has 2 aromatic rings. The van der Waals surface area contributed by atoms with Crippen LogP contribution in [0.5, 0.6) is 0 Å². The van der Waals surface area contributed by atoms with E-state index in [2.05, 4.69) is 133 Å². The molecule has 0 unspecified atom stereocenters. The van der Waals surface area contributed by atoms with Gasteiger partial charge in [-0.3, -0.25) is 9.80 Å². The van der Waals surface area contributed by atoms with Crippen molar-refractivity contribution < 1.29 is 0 Å². The fourth-order valence-electron chi connectivity index (χ4n) is 5.13. The molecular weight excluding hydrogens is 352 g/mol. The molecule has 1 heterocycles. The standard InChI is InChI=1S/C27H40N2/c1-25(2,3)24-28(26(4,5)6)22(20-16-12-10-13-17-20)23(29(24)27(7,8)9)21-18-14-11-15-19-21/h10-19,22-24H,1-9H3/t22-,23-/m1/s1. The van der Waals surface area contributed by atoms with E-state index in [4.69, 9.17) is 0 Å². The predicted octanol–water partition coefficient (Wildman–Crippen LogP) is 7.06. The maximum absolute atomic E-state index is 2.78. The van der Waals surface area contributed by atoms with Gasteiger partial charge in [-0.2, -0.15) is 0 Å². The summed E-state index contributed by atoms with van der Waals surface area (Å²) in [5.41, 5.74) is 2.98. The molecule has 0 bridgehead atoms. The van der Waals surface area contributed by atoms with Crippen molar-refractivity contribution in [2.75, 3.05) is 0 Å². The molecule has 2 atom stereocenters. The molecule has 0 amide bonds. The van der Waals surface area contributed by atoms with Crippen LogP contribution < -0.4 is 0 Å². The van der Waals surface area contributed by atoms with Gasteiger partial charge in [0.25, 0.3) is 0 Å². The second kappa shape index (κ2) is 7.56. The third-order valence-corrected chi connectivity index (χ3v) is 6.03. The zero-order valence-electron chi connectivity index (χ0n) is 19.9. The summed E-state index contributed by atoms with van der Waals surface area (Å²) in [5, 5.41) is 0. The second-order valence-electron chi connectivity index (χ2n) is 11.6. The minimum absolute atomic E-state index is 0.0332. The van der Waals surface area contributed by atoms with Gasteiger partial charge in [-0.15, -0.1) is 0 Å².